The van der Waals surface area contributed by atoms with Crippen LogP contribution in [-0.2, 0) is 13.0 Å². The van der Waals surface area contributed by atoms with E-state index < -0.39 is 0 Å². The number of hydrogen-bond donors (Lipinski definition) is 1. The summed E-state index contributed by atoms with van der Waals surface area (Å²) < 4.78 is 2.45. The molecule has 0 aliphatic rings. The van der Waals surface area contributed by atoms with Crippen molar-refractivity contribution < 1.29 is 0 Å². The molecule has 3 heteroatoms. The Bertz CT molecular complexity index is 628. The van der Waals surface area contributed by atoms with Crippen LogP contribution in [0.2, 0.25) is 0 Å². The average molecular weight is 330 g/mol. The van der Waals surface area contributed by atoms with E-state index in [-0.39, 0.29) is 0 Å². The molecule has 0 saturated heterocycles. The third-order valence-electron chi connectivity index (χ3n) is 5.03. The fourth-order valence-electron chi connectivity index (χ4n) is 3.36. The predicted octanol–water partition coefficient (Wildman–Crippen LogP) is 5.30. The van der Waals surface area contributed by atoms with Gasteiger partial charge in [0.2, 0.25) is 0 Å². The fourth-order valence-corrected chi connectivity index (χ4v) is 3.36. The molecule has 0 aliphatic carbocycles. The first kappa shape index (κ1) is 19.0. The molecule has 0 saturated carbocycles. The van der Waals surface area contributed by atoms with E-state index in [1.165, 1.54) is 67.4 Å². The Labute approximate surface area is 147 Å². The minimum Gasteiger partial charge on any atom is -0.330 e. The summed E-state index contributed by atoms with van der Waals surface area (Å²) in [5.41, 5.74) is 10.8. The van der Waals surface area contributed by atoms with Crippen LogP contribution in [0, 0.1) is 13.8 Å². The zero-order chi connectivity index (χ0) is 17.4. The molecule has 3 nitrogen and oxygen atoms in total. The summed E-state index contributed by atoms with van der Waals surface area (Å²) in [5.74, 6) is 1.21. The smallest absolute Gasteiger partial charge is 0.109 e. The summed E-state index contributed by atoms with van der Waals surface area (Å²) in [5, 5.41) is 0. The zero-order valence-electron chi connectivity index (χ0n) is 15.9. The largest absolute Gasteiger partial charge is 0.330 e. The Kier molecular flexibility index (Phi) is 7.77. The average Bonchev–Trinajstić information content (AvgIpc) is 2.89. The van der Waals surface area contributed by atoms with Crippen LogP contribution in [0.4, 0.5) is 0 Å². The number of fused-ring (bicyclic) bond motifs is 1. The molecular weight excluding hydrogens is 294 g/mol. The molecule has 0 fully saturated rings. The first-order chi connectivity index (χ1) is 11.7. The van der Waals surface area contributed by atoms with Crippen LogP contribution in [0.15, 0.2) is 12.1 Å². The molecule has 0 unspecified atom stereocenters. The molecule has 0 amide bonds. The number of unbranched alkanes of at least 4 members (excludes halogenated alkanes) is 6. The first-order valence-corrected chi connectivity index (χ1v) is 9.83. The lowest BCUT2D eigenvalue weighted by Crippen LogP contribution is -2.07. The number of rotatable bonds is 11. The first-order valence-electron chi connectivity index (χ1n) is 9.83. The van der Waals surface area contributed by atoms with Gasteiger partial charge < -0.3 is 10.3 Å². The molecule has 2 rings (SSSR count). The summed E-state index contributed by atoms with van der Waals surface area (Å²) in [6, 6.07) is 4.54. The van der Waals surface area contributed by atoms with Gasteiger partial charge in [0.05, 0.1) is 11.0 Å². The van der Waals surface area contributed by atoms with Crippen LogP contribution < -0.4 is 5.73 Å². The molecule has 134 valence electrons. The van der Waals surface area contributed by atoms with E-state index in [1.807, 2.05) is 0 Å². The van der Waals surface area contributed by atoms with E-state index >= 15 is 0 Å². The third-order valence-corrected chi connectivity index (χ3v) is 5.03. The van der Waals surface area contributed by atoms with E-state index in [9.17, 15) is 0 Å². The highest BCUT2D eigenvalue weighted by Crippen LogP contribution is 2.22. The summed E-state index contributed by atoms with van der Waals surface area (Å²) in [7, 11) is 0. The Morgan fingerprint density at radius 3 is 2.29 bits per heavy atom. The molecule has 2 N–H and O–H groups in total. The number of aryl methyl sites for hydroxylation is 4. The molecule has 0 spiro atoms. The van der Waals surface area contributed by atoms with Crippen molar-refractivity contribution >= 4 is 11.0 Å². The van der Waals surface area contributed by atoms with Crippen LogP contribution >= 0.6 is 0 Å². The number of aromatic nitrogens is 2. The van der Waals surface area contributed by atoms with Gasteiger partial charge in [0.25, 0.3) is 0 Å². The maximum atomic E-state index is 5.71. The normalized spacial score (nSPS) is 11.5. The van der Waals surface area contributed by atoms with Gasteiger partial charge in [-0.05, 0) is 56.5 Å². The minimum absolute atomic E-state index is 0.735. The second-order valence-corrected chi connectivity index (χ2v) is 7.12. The number of imidazole rings is 1. The fraction of sp³-hybridized carbons (Fsp3) is 0.667. The van der Waals surface area contributed by atoms with Crippen molar-refractivity contribution in [2.45, 2.75) is 85.1 Å². The summed E-state index contributed by atoms with van der Waals surface area (Å²) in [4.78, 5) is 4.90. The van der Waals surface area contributed by atoms with E-state index in [0.717, 1.165) is 31.4 Å². The number of nitrogens with two attached hydrogens (primary N) is 1. The van der Waals surface area contributed by atoms with Gasteiger partial charge in [-0.1, -0.05) is 45.4 Å². The van der Waals surface area contributed by atoms with Crippen LogP contribution in [0.3, 0.4) is 0 Å². The third kappa shape index (κ3) is 5.07. The van der Waals surface area contributed by atoms with Gasteiger partial charge in [-0.2, -0.15) is 0 Å². The van der Waals surface area contributed by atoms with Gasteiger partial charge in [-0.25, -0.2) is 4.98 Å². The van der Waals surface area contributed by atoms with Gasteiger partial charge >= 0.3 is 0 Å². The molecule has 1 heterocycles. The number of hydrogen-bond acceptors (Lipinski definition) is 2. The molecule has 0 radical (unpaired) electrons. The molecule has 0 bridgehead atoms. The topological polar surface area (TPSA) is 43.8 Å². The summed E-state index contributed by atoms with van der Waals surface area (Å²) in [6.07, 6.45) is 11.4. The molecule has 1 aromatic heterocycles. The van der Waals surface area contributed by atoms with Crippen LogP contribution in [-0.4, -0.2) is 16.1 Å². The van der Waals surface area contributed by atoms with E-state index in [2.05, 4.69) is 37.5 Å². The Balaban J connectivity index is 2.03. The lowest BCUT2D eigenvalue weighted by Gasteiger charge is -2.10. The predicted molar refractivity (Wildman–Crippen MR) is 105 cm³/mol. The van der Waals surface area contributed by atoms with Gasteiger partial charge in [0.15, 0.2) is 0 Å². The number of benzene rings is 1. The summed E-state index contributed by atoms with van der Waals surface area (Å²) in [6.45, 7) is 8.46. The zero-order valence-corrected chi connectivity index (χ0v) is 15.9. The van der Waals surface area contributed by atoms with Gasteiger partial charge in [0.1, 0.15) is 5.82 Å². The number of nitrogens with zero attached hydrogens (tertiary/aromatic N) is 2. The van der Waals surface area contributed by atoms with Crippen molar-refractivity contribution in [3.05, 3.63) is 29.1 Å². The SMILES string of the molecule is CCCCCCCCCn1c(CCCN)nc2cc(C)c(C)cc21. The monoisotopic (exact) mass is 329 g/mol. The van der Waals surface area contributed by atoms with Crippen LogP contribution in [0.1, 0.15) is 75.2 Å². The quantitative estimate of drug-likeness (QED) is 0.569. The molecule has 2 aromatic rings. The lowest BCUT2D eigenvalue weighted by atomic mass is 10.1. The Morgan fingerprint density at radius 1 is 0.917 bits per heavy atom. The molecule has 1 aromatic carbocycles. The van der Waals surface area contributed by atoms with Crippen molar-refractivity contribution in [3.63, 3.8) is 0 Å². The van der Waals surface area contributed by atoms with Crippen LogP contribution in [0.25, 0.3) is 11.0 Å². The Morgan fingerprint density at radius 2 is 1.58 bits per heavy atom. The van der Waals surface area contributed by atoms with Crippen molar-refractivity contribution in [1.29, 1.82) is 0 Å². The van der Waals surface area contributed by atoms with Crippen molar-refractivity contribution in [3.8, 4) is 0 Å². The molecule has 0 atom stereocenters. The van der Waals surface area contributed by atoms with Gasteiger partial charge in [-0.15, -0.1) is 0 Å². The van der Waals surface area contributed by atoms with E-state index in [0.29, 0.717) is 0 Å². The Hall–Kier alpha value is -1.35. The highest BCUT2D eigenvalue weighted by Gasteiger charge is 2.11. The molecule has 24 heavy (non-hydrogen) atoms. The van der Waals surface area contributed by atoms with Gasteiger partial charge in [-0.3, -0.25) is 0 Å². The maximum Gasteiger partial charge on any atom is 0.109 e. The van der Waals surface area contributed by atoms with Gasteiger partial charge in [0, 0.05) is 13.0 Å². The van der Waals surface area contributed by atoms with E-state index in [1.54, 1.807) is 0 Å². The standard InChI is InChI=1S/C21H35N3/c1-4-5-6-7-8-9-10-14-24-20-16-18(3)17(2)15-19(20)23-21(24)12-11-13-22/h15-16H,4-14,22H2,1-3H3. The molecule has 0 aliphatic heterocycles. The summed E-state index contributed by atoms with van der Waals surface area (Å²) >= 11 is 0. The van der Waals surface area contributed by atoms with Crippen LogP contribution in [0.5, 0.6) is 0 Å². The lowest BCUT2D eigenvalue weighted by molar-refractivity contribution is 0.544. The molecular formula is C21H35N3. The highest BCUT2D eigenvalue weighted by molar-refractivity contribution is 5.78. The second-order valence-electron chi connectivity index (χ2n) is 7.12. The highest BCUT2D eigenvalue weighted by atomic mass is 15.1. The van der Waals surface area contributed by atoms with Crippen molar-refractivity contribution in [2.75, 3.05) is 6.54 Å². The minimum atomic E-state index is 0.735. The maximum absolute atomic E-state index is 5.71. The second kappa shape index (κ2) is 9.83. The van der Waals surface area contributed by atoms with Crippen molar-refractivity contribution in [1.82, 2.24) is 9.55 Å². The van der Waals surface area contributed by atoms with E-state index in [4.69, 9.17) is 10.7 Å². The van der Waals surface area contributed by atoms with Crippen molar-refractivity contribution in [2.24, 2.45) is 5.73 Å².